The van der Waals surface area contributed by atoms with Gasteiger partial charge < -0.3 is 15.8 Å². The van der Waals surface area contributed by atoms with Crippen LogP contribution in [0.2, 0.25) is 0 Å². The third kappa shape index (κ3) is 3.66. The lowest BCUT2D eigenvalue weighted by atomic mass is 10.3. The molecule has 1 aromatic heterocycles. The van der Waals surface area contributed by atoms with Crippen LogP contribution in [0.4, 0.5) is 11.5 Å². The molecular formula is C13H13N5O. The average Bonchev–Trinajstić information content (AvgIpc) is 2.47. The van der Waals surface area contributed by atoms with Crippen molar-refractivity contribution in [1.29, 1.82) is 5.26 Å². The number of ether oxygens (including phenoxy) is 1. The number of hydrogen-bond acceptors (Lipinski definition) is 6. The highest BCUT2D eigenvalue weighted by atomic mass is 16.5. The van der Waals surface area contributed by atoms with E-state index in [9.17, 15) is 0 Å². The summed E-state index contributed by atoms with van der Waals surface area (Å²) in [7, 11) is 0. The fourth-order valence-corrected chi connectivity index (χ4v) is 1.41. The van der Waals surface area contributed by atoms with Crippen LogP contribution in [0.5, 0.6) is 5.75 Å². The number of benzene rings is 1. The molecule has 6 nitrogen and oxygen atoms in total. The van der Waals surface area contributed by atoms with Gasteiger partial charge in [0.05, 0.1) is 12.4 Å². The van der Waals surface area contributed by atoms with Crippen LogP contribution in [0.15, 0.2) is 36.7 Å². The van der Waals surface area contributed by atoms with E-state index in [0.29, 0.717) is 19.0 Å². The Morgan fingerprint density at radius 3 is 2.58 bits per heavy atom. The maximum atomic E-state index is 8.62. The predicted molar refractivity (Wildman–Crippen MR) is 71.0 cm³/mol. The Kier molecular flexibility index (Phi) is 4.26. The lowest BCUT2D eigenvalue weighted by molar-refractivity contribution is 0.328. The molecule has 96 valence electrons. The first-order chi connectivity index (χ1) is 9.31. The smallest absolute Gasteiger partial charge is 0.158 e. The van der Waals surface area contributed by atoms with Gasteiger partial charge in [0, 0.05) is 12.2 Å². The molecule has 0 atom stereocenters. The van der Waals surface area contributed by atoms with Crippen LogP contribution in [-0.2, 0) is 0 Å². The molecule has 0 spiro atoms. The van der Waals surface area contributed by atoms with Crippen molar-refractivity contribution in [2.75, 3.05) is 18.5 Å². The first-order valence-electron chi connectivity index (χ1n) is 5.74. The lowest BCUT2D eigenvalue weighted by Gasteiger charge is -2.07. The molecule has 0 saturated heterocycles. The maximum Gasteiger partial charge on any atom is 0.158 e. The second-order valence-corrected chi connectivity index (χ2v) is 3.69. The number of nitrogens with zero attached hydrogens (tertiary/aromatic N) is 3. The number of hydrogen-bond donors (Lipinski definition) is 2. The quantitative estimate of drug-likeness (QED) is 0.838. The van der Waals surface area contributed by atoms with Gasteiger partial charge in [-0.1, -0.05) is 0 Å². The number of nitrogens with two attached hydrogens (primary N) is 1. The molecule has 1 aromatic carbocycles. The molecule has 19 heavy (non-hydrogen) atoms. The van der Waals surface area contributed by atoms with Crippen LogP contribution in [-0.4, -0.2) is 23.1 Å². The fraction of sp³-hybridized carbons (Fsp3) is 0.154. The number of anilines is 2. The van der Waals surface area contributed by atoms with Gasteiger partial charge in [-0.05, 0) is 24.3 Å². The molecule has 2 rings (SSSR count). The van der Waals surface area contributed by atoms with Crippen LogP contribution in [0, 0.1) is 11.3 Å². The third-order valence-electron chi connectivity index (χ3n) is 2.28. The Hall–Kier alpha value is -2.65. The summed E-state index contributed by atoms with van der Waals surface area (Å²) in [5.41, 5.74) is 6.50. The highest BCUT2D eigenvalue weighted by Gasteiger charge is 1.99. The van der Waals surface area contributed by atoms with Crippen molar-refractivity contribution in [3.8, 4) is 11.8 Å². The minimum Gasteiger partial charge on any atom is -0.492 e. The van der Waals surface area contributed by atoms with E-state index < -0.39 is 0 Å². The van der Waals surface area contributed by atoms with E-state index in [2.05, 4.69) is 15.3 Å². The minimum atomic E-state index is 0.288. The molecule has 0 aliphatic carbocycles. The Balaban J connectivity index is 2.00. The standard InChI is InChI=1S/C13H13N5O/c14-5-6-19-12-3-1-10(2-4-12)18-13-9-16-11(7-15)8-17-13/h1-4,8-9H,5-6,14H2,(H,17,18). The Morgan fingerprint density at radius 2 is 2.00 bits per heavy atom. The van der Waals surface area contributed by atoms with E-state index in [-0.39, 0.29) is 5.69 Å². The summed E-state index contributed by atoms with van der Waals surface area (Å²) in [5, 5.41) is 11.7. The molecule has 0 radical (unpaired) electrons. The normalized spacial score (nSPS) is 9.68. The molecule has 0 amide bonds. The minimum absolute atomic E-state index is 0.288. The van der Waals surface area contributed by atoms with E-state index in [1.807, 2.05) is 30.3 Å². The fourth-order valence-electron chi connectivity index (χ4n) is 1.41. The van der Waals surface area contributed by atoms with Gasteiger partial charge in [-0.3, -0.25) is 0 Å². The number of aromatic nitrogens is 2. The van der Waals surface area contributed by atoms with E-state index in [4.69, 9.17) is 15.7 Å². The van der Waals surface area contributed by atoms with Crippen molar-refractivity contribution in [3.05, 3.63) is 42.4 Å². The van der Waals surface area contributed by atoms with Gasteiger partial charge in [-0.25, -0.2) is 9.97 Å². The number of nitriles is 1. The Bertz CT molecular complexity index is 559. The van der Waals surface area contributed by atoms with Crippen LogP contribution < -0.4 is 15.8 Å². The molecule has 1 heterocycles. The van der Waals surface area contributed by atoms with Gasteiger partial charge in [0.25, 0.3) is 0 Å². The van der Waals surface area contributed by atoms with Crippen LogP contribution in [0.3, 0.4) is 0 Å². The topological polar surface area (TPSA) is 96.8 Å². The summed E-state index contributed by atoms with van der Waals surface area (Å²) in [5.74, 6) is 1.34. The van der Waals surface area contributed by atoms with Crippen molar-refractivity contribution in [1.82, 2.24) is 9.97 Å². The molecule has 3 N–H and O–H groups in total. The van der Waals surface area contributed by atoms with E-state index >= 15 is 0 Å². The first kappa shape index (κ1) is 12.8. The average molecular weight is 255 g/mol. The Labute approximate surface area is 110 Å². The second kappa shape index (κ2) is 6.33. The monoisotopic (exact) mass is 255 g/mol. The molecule has 0 saturated carbocycles. The summed E-state index contributed by atoms with van der Waals surface area (Å²) < 4.78 is 5.37. The van der Waals surface area contributed by atoms with Crippen molar-refractivity contribution in [2.45, 2.75) is 0 Å². The second-order valence-electron chi connectivity index (χ2n) is 3.69. The SMILES string of the molecule is N#Cc1cnc(Nc2ccc(OCCN)cc2)cn1. The highest BCUT2D eigenvalue weighted by molar-refractivity contribution is 5.56. The van der Waals surface area contributed by atoms with Crippen molar-refractivity contribution in [3.63, 3.8) is 0 Å². The third-order valence-corrected chi connectivity index (χ3v) is 2.28. The van der Waals surface area contributed by atoms with Gasteiger partial charge in [0.1, 0.15) is 24.2 Å². The predicted octanol–water partition coefficient (Wildman–Crippen LogP) is 1.43. The molecule has 0 unspecified atom stereocenters. The summed E-state index contributed by atoms with van der Waals surface area (Å²) in [6, 6.07) is 9.34. The van der Waals surface area contributed by atoms with Crippen LogP contribution in [0.25, 0.3) is 0 Å². The summed E-state index contributed by atoms with van der Waals surface area (Å²) in [6.07, 6.45) is 2.93. The zero-order chi connectivity index (χ0) is 13.5. The number of rotatable bonds is 5. The van der Waals surface area contributed by atoms with Crippen molar-refractivity contribution < 1.29 is 4.74 Å². The molecule has 0 bridgehead atoms. The molecular weight excluding hydrogens is 242 g/mol. The zero-order valence-corrected chi connectivity index (χ0v) is 10.2. The first-order valence-corrected chi connectivity index (χ1v) is 5.74. The van der Waals surface area contributed by atoms with Crippen LogP contribution >= 0.6 is 0 Å². The van der Waals surface area contributed by atoms with Gasteiger partial charge in [-0.2, -0.15) is 5.26 Å². The van der Waals surface area contributed by atoms with E-state index in [1.54, 1.807) is 0 Å². The van der Waals surface area contributed by atoms with E-state index in [1.165, 1.54) is 12.4 Å². The molecule has 0 fully saturated rings. The number of nitrogens with one attached hydrogen (secondary N) is 1. The van der Waals surface area contributed by atoms with Gasteiger partial charge in [0.2, 0.25) is 0 Å². The summed E-state index contributed by atoms with van der Waals surface area (Å²) in [4.78, 5) is 8.00. The van der Waals surface area contributed by atoms with Crippen molar-refractivity contribution in [2.24, 2.45) is 5.73 Å². The molecule has 6 heteroatoms. The summed E-state index contributed by atoms with van der Waals surface area (Å²) >= 11 is 0. The molecule has 2 aromatic rings. The largest absolute Gasteiger partial charge is 0.492 e. The van der Waals surface area contributed by atoms with Gasteiger partial charge >= 0.3 is 0 Å². The molecule has 0 aliphatic heterocycles. The van der Waals surface area contributed by atoms with Crippen molar-refractivity contribution >= 4 is 11.5 Å². The molecule has 0 aliphatic rings. The summed E-state index contributed by atoms with van der Waals surface area (Å²) in [6.45, 7) is 0.981. The highest BCUT2D eigenvalue weighted by Crippen LogP contribution is 2.18. The van der Waals surface area contributed by atoms with Crippen LogP contribution in [0.1, 0.15) is 5.69 Å². The van der Waals surface area contributed by atoms with Gasteiger partial charge in [-0.15, -0.1) is 0 Å². The Morgan fingerprint density at radius 1 is 1.21 bits per heavy atom. The maximum absolute atomic E-state index is 8.62. The van der Waals surface area contributed by atoms with E-state index in [0.717, 1.165) is 11.4 Å². The lowest BCUT2D eigenvalue weighted by Crippen LogP contribution is -2.10. The zero-order valence-electron chi connectivity index (χ0n) is 10.2. The van der Waals surface area contributed by atoms with Gasteiger partial charge in [0.15, 0.2) is 5.69 Å².